The topological polar surface area (TPSA) is 109 Å². The average Bonchev–Trinajstić information content (AvgIpc) is 3.08. The van der Waals surface area contributed by atoms with Crippen molar-refractivity contribution in [3.05, 3.63) is 35.8 Å². The number of sulfonamides is 1. The number of ether oxygens (including phenoxy) is 1. The van der Waals surface area contributed by atoms with Crippen LogP contribution in [-0.2, 0) is 19.6 Å². The van der Waals surface area contributed by atoms with E-state index in [9.17, 15) is 13.2 Å². The summed E-state index contributed by atoms with van der Waals surface area (Å²) in [5, 5.41) is 7.69. The molecule has 1 saturated heterocycles. The molecule has 1 fully saturated rings. The zero-order valence-electron chi connectivity index (χ0n) is 12.6. The van der Waals surface area contributed by atoms with Gasteiger partial charge in [-0.25, -0.2) is 13.4 Å². The van der Waals surface area contributed by atoms with Crippen molar-refractivity contribution in [2.24, 2.45) is 0 Å². The van der Waals surface area contributed by atoms with Gasteiger partial charge in [0.25, 0.3) is 10.0 Å². The number of amides is 1. The summed E-state index contributed by atoms with van der Waals surface area (Å²) < 4.78 is 32.3. The number of anilines is 2. The lowest BCUT2D eigenvalue weighted by atomic mass is 10.2. The maximum Gasteiger partial charge on any atom is 0.263 e. The monoisotopic (exact) mass is 368 g/mol. The quantitative estimate of drug-likeness (QED) is 0.722. The Morgan fingerprint density at radius 2 is 2.29 bits per heavy atom. The molecule has 0 aliphatic carbocycles. The van der Waals surface area contributed by atoms with E-state index in [1.807, 2.05) is 0 Å². The van der Waals surface area contributed by atoms with Gasteiger partial charge in [-0.15, -0.1) is 11.3 Å². The number of carbonyl (C=O) groups is 1. The van der Waals surface area contributed by atoms with E-state index in [0.717, 1.165) is 0 Å². The average molecular weight is 368 g/mol. The zero-order chi connectivity index (χ0) is 17.0. The summed E-state index contributed by atoms with van der Waals surface area (Å²) in [5.41, 5.74) is 0.398. The molecule has 0 radical (unpaired) electrons. The number of hydrogen-bond acceptors (Lipinski definition) is 7. The van der Waals surface area contributed by atoms with Crippen LogP contribution in [0.1, 0.15) is 0 Å². The van der Waals surface area contributed by atoms with Crippen molar-refractivity contribution in [1.29, 1.82) is 0 Å². The number of morpholine rings is 1. The van der Waals surface area contributed by atoms with Crippen LogP contribution in [0, 0.1) is 0 Å². The third-order valence-corrected chi connectivity index (χ3v) is 5.46. The van der Waals surface area contributed by atoms with Crippen molar-refractivity contribution < 1.29 is 17.9 Å². The Balaban J connectivity index is 1.72. The van der Waals surface area contributed by atoms with Crippen molar-refractivity contribution in [3.8, 4) is 0 Å². The Kier molecular flexibility index (Phi) is 5.09. The summed E-state index contributed by atoms with van der Waals surface area (Å²) in [6.45, 7) is 1.46. The van der Waals surface area contributed by atoms with Gasteiger partial charge in [-0.2, -0.15) is 0 Å². The summed E-state index contributed by atoms with van der Waals surface area (Å²) in [5.74, 6) is -0.267. The van der Waals surface area contributed by atoms with Gasteiger partial charge in [0.1, 0.15) is 6.04 Å². The third kappa shape index (κ3) is 4.09. The molecule has 0 saturated carbocycles. The van der Waals surface area contributed by atoms with Crippen LogP contribution in [0.3, 0.4) is 0 Å². The molecule has 0 spiro atoms. The van der Waals surface area contributed by atoms with Crippen molar-refractivity contribution in [2.45, 2.75) is 10.9 Å². The van der Waals surface area contributed by atoms with Gasteiger partial charge in [-0.3, -0.25) is 9.52 Å². The van der Waals surface area contributed by atoms with Crippen molar-refractivity contribution in [1.82, 2.24) is 10.3 Å². The Morgan fingerprint density at radius 1 is 1.42 bits per heavy atom. The Morgan fingerprint density at radius 3 is 3.00 bits per heavy atom. The molecule has 10 heteroatoms. The number of nitrogens with zero attached hydrogens (tertiary/aromatic N) is 1. The highest BCUT2D eigenvalue weighted by Gasteiger charge is 2.22. The maximum absolute atomic E-state index is 12.3. The van der Waals surface area contributed by atoms with Crippen molar-refractivity contribution in [2.75, 3.05) is 29.8 Å². The molecule has 3 rings (SSSR count). The van der Waals surface area contributed by atoms with Crippen LogP contribution in [0.5, 0.6) is 0 Å². The molecule has 2 aromatic rings. The predicted molar refractivity (Wildman–Crippen MR) is 90.6 cm³/mol. The second-order valence-corrected chi connectivity index (χ2v) is 7.62. The first kappa shape index (κ1) is 16.8. The van der Waals surface area contributed by atoms with Gasteiger partial charge in [0.2, 0.25) is 5.91 Å². The lowest BCUT2D eigenvalue weighted by Gasteiger charge is -2.23. The number of nitrogens with one attached hydrogen (secondary N) is 3. The lowest BCUT2D eigenvalue weighted by Crippen LogP contribution is -2.48. The van der Waals surface area contributed by atoms with Crippen LogP contribution in [-0.4, -0.2) is 45.1 Å². The molecule has 8 nitrogen and oxygen atoms in total. The molecular formula is C14H16N4O4S2. The smallest absolute Gasteiger partial charge is 0.263 e. The molecule has 1 amide bonds. The number of carbonyl (C=O) groups excluding carboxylic acids is 1. The minimum atomic E-state index is -3.76. The van der Waals surface area contributed by atoms with E-state index in [0.29, 0.717) is 18.8 Å². The number of rotatable bonds is 5. The van der Waals surface area contributed by atoms with Gasteiger partial charge in [0.05, 0.1) is 18.1 Å². The second kappa shape index (κ2) is 7.26. The fourth-order valence-electron chi connectivity index (χ4n) is 2.15. The van der Waals surface area contributed by atoms with Crippen LogP contribution in [0.2, 0.25) is 0 Å². The normalized spacial score (nSPS) is 18.1. The van der Waals surface area contributed by atoms with E-state index in [1.54, 1.807) is 17.5 Å². The summed E-state index contributed by atoms with van der Waals surface area (Å²) in [7, 11) is -3.76. The Hall–Kier alpha value is -2.01. The van der Waals surface area contributed by atoms with E-state index in [2.05, 4.69) is 20.3 Å². The fraction of sp³-hybridized carbons (Fsp3) is 0.286. The van der Waals surface area contributed by atoms with Crippen molar-refractivity contribution >= 4 is 38.1 Å². The first-order valence-corrected chi connectivity index (χ1v) is 9.55. The molecule has 1 unspecified atom stereocenters. The highest BCUT2D eigenvalue weighted by molar-refractivity contribution is 7.93. The molecule has 2 heterocycles. The van der Waals surface area contributed by atoms with Crippen molar-refractivity contribution in [3.63, 3.8) is 0 Å². The molecule has 128 valence electrons. The van der Waals surface area contributed by atoms with Crippen LogP contribution in [0.4, 0.5) is 10.8 Å². The van der Waals surface area contributed by atoms with E-state index in [4.69, 9.17) is 4.74 Å². The van der Waals surface area contributed by atoms with Gasteiger partial charge >= 0.3 is 0 Å². The standard InChI is InChI=1S/C14H16N4O4S2/c19-13(12-9-22-6-4-15-12)17-10-2-1-3-11(8-10)24(20,21)18-14-16-5-7-23-14/h1-3,5,7-8,12,15H,4,6,9H2,(H,16,18)(H,17,19). The number of aromatic nitrogens is 1. The first-order valence-electron chi connectivity index (χ1n) is 7.19. The highest BCUT2D eigenvalue weighted by Crippen LogP contribution is 2.20. The highest BCUT2D eigenvalue weighted by atomic mass is 32.2. The Labute approximate surface area is 143 Å². The molecule has 0 bridgehead atoms. The molecule has 3 N–H and O–H groups in total. The SMILES string of the molecule is O=C(Nc1cccc(S(=O)(=O)Nc2nccs2)c1)C1COCCN1. The van der Waals surface area contributed by atoms with Crippen LogP contribution in [0.15, 0.2) is 40.7 Å². The van der Waals surface area contributed by atoms with E-state index in [-0.39, 0.29) is 22.5 Å². The molecule has 1 aromatic carbocycles. The first-order chi connectivity index (χ1) is 11.5. The summed E-state index contributed by atoms with van der Waals surface area (Å²) >= 11 is 1.18. The molecule has 1 aliphatic rings. The predicted octanol–water partition coefficient (Wildman–Crippen LogP) is 0.871. The fourth-order valence-corrected chi connectivity index (χ4v) is 3.99. The largest absolute Gasteiger partial charge is 0.378 e. The van der Waals surface area contributed by atoms with Gasteiger partial charge in [0.15, 0.2) is 5.13 Å². The molecule has 24 heavy (non-hydrogen) atoms. The van der Waals surface area contributed by atoms with E-state index < -0.39 is 16.1 Å². The number of hydrogen-bond donors (Lipinski definition) is 3. The summed E-state index contributed by atoms with van der Waals surface area (Å²) in [6.07, 6.45) is 1.51. The van der Waals surface area contributed by atoms with E-state index in [1.165, 1.54) is 29.7 Å². The second-order valence-electron chi connectivity index (χ2n) is 5.04. The van der Waals surface area contributed by atoms with Crippen LogP contribution < -0.4 is 15.4 Å². The minimum absolute atomic E-state index is 0.0448. The summed E-state index contributed by atoms with van der Waals surface area (Å²) in [6, 6.07) is 5.60. The third-order valence-electron chi connectivity index (χ3n) is 3.30. The van der Waals surface area contributed by atoms with Gasteiger partial charge < -0.3 is 15.4 Å². The minimum Gasteiger partial charge on any atom is -0.378 e. The van der Waals surface area contributed by atoms with Gasteiger partial charge in [-0.05, 0) is 18.2 Å². The Bertz CT molecular complexity index is 802. The molecule has 1 aliphatic heterocycles. The van der Waals surface area contributed by atoms with E-state index >= 15 is 0 Å². The zero-order valence-corrected chi connectivity index (χ0v) is 14.2. The molecular weight excluding hydrogens is 352 g/mol. The summed E-state index contributed by atoms with van der Waals surface area (Å²) in [4.78, 5) is 16.1. The van der Waals surface area contributed by atoms with Crippen LogP contribution >= 0.6 is 11.3 Å². The van der Waals surface area contributed by atoms with Crippen LogP contribution in [0.25, 0.3) is 0 Å². The molecule has 1 atom stereocenters. The number of thiazole rings is 1. The van der Waals surface area contributed by atoms with Gasteiger partial charge in [0, 0.05) is 23.8 Å². The van der Waals surface area contributed by atoms with Gasteiger partial charge in [-0.1, -0.05) is 6.07 Å². The maximum atomic E-state index is 12.3. The lowest BCUT2D eigenvalue weighted by molar-refractivity contribution is -0.120. The number of benzene rings is 1. The molecule has 1 aromatic heterocycles.